The lowest BCUT2D eigenvalue weighted by Crippen LogP contribution is -2.37. The first-order chi connectivity index (χ1) is 9.28. The zero-order valence-corrected chi connectivity index (χ0v) is 12.5. The number of hydrogen-bond donors (Lipinski definition) is 1. The van der Waals surface area contributed by atoms with Crippen molar-refractivity contribution in [2.75, 3.05) is 38.1 Å². The van der Waals surface area contributed by atoms with Crippen molar-refractivity contribution < 1.29 is 0 Å². The molecule has 1 aromatic rings. The van der Waals surface area contributed by atoms with Crippen molar-refractivity contribution in [1.82, 2.24) is 10.2 Å². The SMILES string of the molecule is CCN(CC)C1CCN(c2ccc(CNC)cc2)C1. The normalized spacial score (nSPS) is 19.4. The summed E-state index contributed by atoms with van der Waals surface area (Å²) in [6.45, 7) is 10.2. The number of benzene rings is 1. The minimum atomic E-state index is 0.729. The second-order valence-electron chi connectivity index (χ2n) is 5.31. The average Bonchev–Trinajstić information content (AvgIpc) is 2.91. The smallest absolute Gasteiger partial charge is 0.0366 e. The lowest BCUT2D eigenvalue weighted by Gasteiger charge is -2.26. The average molecular weight is 261 g/mol. The highest BCUT2D eigenvalue weighted by molar-refractivity contribution is 5.48. The largest absolute Gasteiger partial charge is 0.370 e. The zero-order chi connectivity index (χ0) is 13.7. The van der Waals surface area contributed by atoms with Crippen LogP contribution in [-0.2, 0) is 6.54 Å². The van der Waals surface area contributed by atoms with Crippen LogP contribution in [0.4, 0.5) is 5.69 Å². The maximum absolute atomic E-state index is 3.19. The monoisotopic (exact) mass is 261 g/mol. The van der Waals surface area contributed by atoms with Crippen molar-refractivity contribution in [3.63, 3.8) is 0 Å². The summed E-state index contributed by atoms with van der Waals surface area (Å²) in [5, 5.41) is 3.19. The highest BCUT2D eigenvalue weighted by Gasteiger charge is 2.26. The standard InChI is InChI=1S/C16H27N3/c1-4-18(5-2)16-10-11-19(13-16)15-8-6-14(7-9-15)12-17-3/h6-9,16-17H,4-5,10-13H2,1-3H3. The van der Waals surface area contributed by atoms with Gasteiger partial charge in [-0.3, -0.25) is 4.90 Å². The van der Waals surface area contributed by atoms with Crippen molar-refractivity contribution in [3.05, 3.63) is 29.8 Å². The Bertz CT molecular complexity index is 370. The summed E-state index contributed by atoms with van der Waals surface area (Å²) < 4.78 is 0. The van der Waals surface area contributed by atoms with Crippen LogP contribution >= 0.6 is 0 Å². The van der Waals surface area contributed by atoms with Crippen LogP contribution < -0.4 is 10.2 Å². The fourth-order valence-corrected chi connectivity index (χ4v) is 3.04. The first-order valence-electron chi connectivity index (χ1n) is 7.51. The van der Waals surface area contributed by atoms with Gasteiger partial charge < -0.3 is 10.2 Å². The quantitative estimate of drug-likeness (QED) is 0.848. The molecule has 1 heterocycles. The highest BCUT2D eigenvalue weighted by atomic mass is 15.2. The third-order valence-electron chi connectivity index (χ3n) is 4.17. The fraction of sp³-hybridized carbons (Fsp3) is 0.625. The Morgan fingerprint density at radius 3 is 2.47 bits per heavy atom. The van der Waals surface area contributed by atoms with Crippen LogP contribution in [0.1, 0.15) is 25.8 Å². The van der Waals surface area contributed by atoms with E-state index in [2.05, 4.69) is 53.2 Å². The number of rotatable bonds is 6. The Morgan fingerprint density at radius 2 is 1.89 bits per heavy atom. The summed E-state index contributed by atoms with van der Waals surface area (Å²) in [4.78, 5) is 5.10. The van der Waals surface area contributed by atoms with E-state index in [1.54, 1.807) is 0 Å². The fourth-order valence-electron chi connectivity index (χ4n) is 3.04. The molecule has 0 spiro atoms. The third kappa shape index (κ3) is 3.48. The molecule has 3 nitrogen and oxygen atoms in total. The predicted molar refractivity (Wildman–Crippen MR) is 82.7 cm³/mol. The molecule has 2 rings (SSSR count). The molecule has 1 aliphatic rings. The number of likely N-dealkylation sites (N-methyl/N-ethyl adjacent to an activating group) is 1. The van der Waals surface area contributed by atoms with Crippen molar-refractivity contribution in [2.24, 2.45) is 0 Å². The van der Waals surface area contributed by atoms with Gasteiger partial charge in [-0.25, -0.2) is 0 Å². The molecule has 1 unspecified atom stereocenters. The number of nitrogens with zero attached hydrogens (tertiary/aromatic N) is 2. The van der Waals surface area contributed by atoms with Gasteiger partial charge in [0, 0.05) is 31.4 Å². The van der Waals surface area contributed by atoms with E-state index < -0.39 is 0 Å². The summed E-state index contributed by atoms with van der Waals surface area (Å²) in [6, 6.07) is 9.72. The van der Waals surface area contributed by atoms with Crippen LogP contribution in [-0.4, -0.2) is 44.2 Å². The Morgan fingerprint density at radius 1 is 1.21 bits per heavy atom. The van der Waals surface area contributed by atoms with E-state index in [9.17, 15) is 0 Å². The van der Waals surface area contributed by atoms with Crippen LogP contribution in [0, 0.1) is 0 Å². The van der Waals surface area contributed by atoms with Gasteiger partial charge in [0.2, 0.25) is 0 Å². The van der Waals surface area contributed by atoms with Crippen molar-refractivity contribution >= 4 is 5.69 Å². The summed E-state index contributed by atoms with van der Waals surface area (Å²) in [6.07, 6.45) is 1.29. The molecule has 3 heteroatoms. The lowest BCUT2D eigenvalue weighted by atomic mass is 10.2. The first kappa shape index (κ1) is 14.4. The summed E-state index contributed by atoms with van der Waals surface area (Å²) in [5.41, 5.74) is 2.72. The van der Waals surface area contributed by atoms with Gasteiger partial charge in [-0.05, 0) is 44.3 Å². The Labute approximate surface area is 117 Å². The molecule has 19 heavy (non-hydrogen) atoms. The van der Waals surface area contributed by atoms with Gasteiger partial charge in [-0.15, -0.1) is 0 Å². The van der Waals surface area contributed by atoms with Gasteiger partial charge in [0.25, 0.3) is 0 Å². The maximum atomic E-state index is 3.19. The Balaban J connectivity index is 1.96. The predicted octanol–water partition coefficient (Wildman–Crippen LogP) is 2.33. The van der Waals surface area contributed by atoms with E-state index in [4.69, 9.17) is 0 Å². The molecule has 1 atom stereocenters. The molecule has 0 radical (unpaired) electrons. The molecule has 0 aliphatic carbocycles. The van der Waals surface area contributed by atoms with E-state index in [0.717, 1.165) is 25.7 Å². The van der Waals surface area contributed by atoms with Crippen LogP contribution in [0.2, 0.25) is 0 Å². The second kappa shape index (κ2) is 6.92. The van der Waals surface area contributed by atoms with Gasteiger partial charge in [0.05, 0.1) is 0 Å². The second-order valence-corrected chi connectivity index (χ2v) is 5.31. The highest BCUT2D eigenvalue weighted by Crippen LogP contribution is 2.23. The summed E-state index contributed by atoms with van der Waals surface area (Å²) in [7, 11) is 1.99. The van der Waals surface area contributed by atoms with E-state index in [-0.39, 0.29) is 0 Å². The van der Waals surface area contributed by atoms with Gasteiger partial charge >= 0.3 is 0 Å². The van der Waals surface area contributed by atoms with Gasteiger partial charge in [0.1, 0.15) is 0 Å². The molecule has 0 bridgehead atoms. The van der Waals surface area contributed by atoms with Gasteiger partial charge in [-0.2, -0.15) is 0 Å². The zero-order valence-electron chi connectivity index (χ0n) is 12.5. The van der Waals surface area contributed by atoms with E-state index in [1.165, 1.54) is 30.8 Å². The molecule has 0 aromatic heterocycles. The molecule has 1 saturated heterocycles. The minimum absolute atomic E-state index is 0.729. The molecule has 1 fully saturated rings. The van der Waals surface area contributed by atoms with E-state index in [0.29, 0.717) is 0 Å². The van der Waals surface area contributed by atoms with Crippen LogP contribution in [0.3, 0.4) is 0 Å². The first-order valence-corrected chi connectivity index (χ1v) is 7.51. The molecular formula is C16H27N3. The number of hydrogen-bond acceptors (Lipinski definition) is 3. The molecule has 1 aromatic carbocycles. The molecule has 0 saturated carbocycles. The third-order valence-corrected chi connectivity index (χ3v) is 4.17. The Hall–Kier alpha value is -1.06. The molecule has 1 aliphatic heterocycles. The topological polar surface area (TPSA) is 18.5 Å². The maximum Gasteiger partial charge on any atom is 0.0366 e. The minimum Gasteiger partial charge on any atom is -0.370 e. The van der Waals surface area contributed by atoms with E-state index in [1.807, 2.05) is 7.05 Å². The number of nitrogens with one attached hydrogen (secondary N) is 1. The van der Waals surface area contributed by atoms with Crippen LogP contribution in [0.5, 0.6) is 0 Å². The molecular weight excluding hydrogens is 234 g/mol. The molecule has 106 valence electrons. The van der Waals surface area contributed by atoms with Gasteiger partial charge in [0.15, 0.2) is 0 Å². The summed E-state index contributed by atoms with van der Waals surface area (Å²) in [5.74, 6) is 0. The number of anilines is 1. The summed E-state index contributed by atoms with van der Waals surface area (Å²) >= 11 is 0. The van der Waals surface area contributed by atoms with Crippen molar-refractivity contribution in [2.45, 2.75) is 32.9 Å². The van der Waals surface area contributed by atoms with E-state index >= 15 is 0 Å². The van der Waals surface area contributed by atoms with Crippen LogP contribution in [0.15, 0.2) is 24.3 Å². The van der Waals surface area contributed by atoms with Crippen molar-refractivity contribution in [1.29, 1.82) is 0 Å². The van der Waals surface area contributed by atoms with Gasteiger partial charge in [-0.1, -0.05) is 26.0 Å². The lowest BCUT2D eigenvalue weighted by molar-refractivity contribution is 0.232. The molecule has 0 amide bonds. The molecule has 1 N–H and O–H groups in total. The van der Waals surface area contributed by atoms with Crippen molar-refractivity contribution in [3.8, 4) is 0 Å². The van der Waals surface area contributed by atoms with Crippen LogP contribution in [0.25, 0.3) is 0 Å². The Kier molecular flexibility index (Phi) is 5.23.